The third-order valence-electron chi connectivity index (χ3n) is 4.96. The molecule has 0 radical (unpaired) electrons. The van der Waals surface area contributed by atoms with Crippen LogP contribution >= 0.6 is 22.9 Å². The lowest BCUT2D eigenvalue weighted by Crippen LogP contribution is -2.32. The molecule has 1 N–H and O–H groups in total. The summed E-state index contributed by atoms with van der Waals surface area (Å²) in [5, 5.41) is 4.15. The number of anilines is 1. The summed E-state index contributed by atoms with van der Waals surface area (Å²) in [6.07, 6.45) is 3.73. The maximum absolute atomic E-state index is 12.9. The van der Waals surface area contributed by atoms with Gasteiger partial charge in [-0.15, -0.1) is 11.3 Å². The van der Waals surface area contributed by atoms with Crippen molar-refractivity contribution in [2.75, 3.05) is 11.9 Å². The molecule has 1 aromatic heterocycles. The van der Waals surface area contributed by atoms with Gasteiger partial charge in [0.05, 0.1) is 12.2 Å². The monoisotopic (exact) mass is 435 g/mol. The van der Waals surface area contributed by atoms with Crippen molar-refractivity contribution in [3.05, 3.63) is 44.8 Å². The second kappa shape index (κ2) is 9.63. The van der Waals surface area contributed by atoms with Gasteiger partial charge in [-0.1, -0.05) is 18.5 Å². The Kier molecular flexibility index (Phi) is 7.19. The maximum atomic E-state index is 12.9. The largest absolute Gasteiger partial charge is 0.481 e. The number of nitrogens with one attached hydrogen (secondary N) is 1. The van der Waals surface area contributed by atoms with Crippen molar-refractivity contribution >= 4 is 39.8 Å². The Balaban J connectivity index is 1.81. The van der Waals surface area contributed by atoms with Crippen LogP contribution < -0.4 is 10.1 Å². The molecule has 0 bridgehead atoms. The Morgan fingerprint density at radius 3 is 2.69 bits per heavy atom. The summed E-state index contributed by atoms with van der Waals surface area (Å²) in [6, 6.07) is 5.31. The van der Waals surface area contributed by atoms with Crippen LogP contribution in [-0.4, -0.2) is 24.6 Å². The smallest absolute Gasteiger partial charge is 0.341 e. The van der Waals surface area contributed by atoms with Crippen LogP contribution in [-0.2, 0) is 22.4 Å². The lowest BCUT2D eigenvalue weighted by atomic mass is 9.95. The number of esters is 1. The summed E-state index contributed by atoms with van der Waals surface area (Å²) in [5.41, 5.74) is 2.42. The van der Waals surface area contributed by atoms with E-state index in [4.69, 9.17) is 21.1 Å². The van der Waals surface area contributed by atoms with E-state index < -0.39 is 6.10 Å². The second-order valence-corrected chi connectivity index (χ2v) is 8.56. The van der Waals surface area contributed by atoms with Gasteiger partial charge < -0.3 is 14.8 Å². The first-order chi connectivity index (χ1) is 13.9. The number of carbonyl (C=O) groups excluding carboxylic acids is 2. The van der Waals surface area contributed by atoms with E-state index in [-0.39, 0.29) is 11.9 Å². The van der Waals surface area contributed by atoms with Crippen LogP contribution in [0.15, 0.2) is 18.2 Å². The Labute approximate surface area is 180 Å². The van der Waals surface area contributed by atoms with Crippen molar-refractivity contribution in [3.8, 4) is 5.75 Å². The van der Waals surface area contributed by atoms with Crippen molar-refractivity contribution in [2.45, 2.75) is 59.0 Å². The summed E-state index contributed by atoms with van der Waals surface area (Å²) in [6.45, 7) is 5.86. The standard InChI is InChI=1S/C22H26ClNO4S/c1-4-17(28-14-10-11-16(23)13(3)12-14)20(25)24-21-19(22(26)27-5-2)15-8-6-7-9-18(15)29-21/h10-12,17H,4-9H2,1-3H3,(H,24,25). The third kappa shape index (κ3) is 4.93. The number of ether oxygens (including phenoxy) is 2. The topological polar surface area (TPSA) is 64.6 Å². The van der Waals surface area contributed by atoms with Gasteiger partial charge in [-0.05, 0) is 75.3 Å². The highest BCUT2D eigenvalue weighted by Crippen LogP contribution is 2.38. The molecule has 1 heterocycles. The molecule has 1 aliphatic rings. The first-order valence-electron chi connectivity index (χ1n) is 9.99. The lowest BCUT2D eigenvalue weighted by molar-refractivity contribution is -0.122. The van der Waals surface area contributed by atoms with E-state index in [1.165, 1.54) is 11.3 Å². The Morgan fingerprint density at radius 1 is 1.24 bits per heavy atom. The molecule has 1 unspecified atom stereocenters. The predicted molar refractivity (Wildman–Crippen MR) is 116 cm³/mol. The van der Waals surface area contributed by atoms with Crippen LogP contribution in [0, 0.1) is 6.92 Å². The number of aryl methyl sites for hydroxylation is 2. The summed E-state index contributed by atoms with van der Waals surface area (Å²) in [5.74, 6) is -0.0567. The molecular formula is C22H26ClNO4S. The molecular weight excluding hydrogens is 410 g/mol. The van der Waals surface area contributed by atoms with Crippen LogP contribution in [0.5, 0.6) is 5.75 Å². The average Bonchev–Trinajstić information content (AvgIpc) is 3.06. The fourth-order valence-corrected chi connectivity index (χ4v) is 4.84. The maximum Gasteiger partial charge on any atom is 0.341 e. The predicted octanol–water partition coefficient (Wildman–Crippen LogP) is 5.56. The minimum absolute atomic E-state index is 0.274. The minimum Gasteiger partial charge on any atom is -0.481 e. The van der Waals surface area contributed by atoms with Gasteiger partial charge in [-0.2, -0.15) is 0 Å². The van der Waals surface area contributed by atoms with Gasteiger partial charge in [0.2, 0.25) is 0 Å². The summed E-state index contributed by atoms with van der Waals surface area (Å²) >= 11 is 7.54. The van der Waals surface area contributed by atoms with Gasteiger partial charge in [0, 0.05) is 9.90 Å². The fourth-order valence-electron chi connectivity index (χ4n) is 3.44. The zero-order valence-corrected chi connectivity index (χ0v) is 18.5. The molecule has 0 saturated heterocycles. The molecule has 0 spiro atoms. The van der Waals surface area contributed by atoms with Crippen molar-refractivity contribution in [1.29, 1.82) is 0 Å². The molecule has 2 aromatic rings. The number of amides is 1. The Hall–Kier alpha value is -2.05. The molecule has 1 atom stereocenters. The molecule has 3 rings (SSSR count). The number of hydrogen-bond acceptors (Lipinski definition) is 5. The highest BCUT2D eigenvalue weighted by atomic mass is 35.5. The molecule has 0 saturated carbocycles. The Morgan fingerprint density at radius 2 is 2.00 bits per heavy atom. The van der Waals surface area contributed by atoms with Gasteiger partial charge >= 0.3 is 5.97 Å². The SMILES string of the molecule is CCOC(=O)c1c(NC(=O)C(CC)Oc2ccc(Cl)c(C)c2)sc2c1CCCC2. The molecule has 156 valence electrons. The summed E-state index contributed by atoms with van der Waals surface area (Å²) in [7, 11) is 0. The number of rotatable bonds is 7. The van der Waals surface area contributed by atoms with Crippen LogP contribution in [0.25, 0.3) is 0 Å². The lowest BCUT2D eigenvalue weighted by Gasteiger charge is -2.18. The molecule has 1 aromatic carbocycles. The summed E-state index contributed by atoms with van der Waals surface area (Å²) in [4.78, 5) is 26.7. The van der Waals surface area contributed by atoms with Crippen molar-refractivity contribution in [2.24, 2.45) is 0 Å². The van der Waals surface area contributed by atoms with Crippen LogP contribution in [0.2, 0.25) is 5.02 Å². The zero-order chi connectivity index (χ0) is 21.0. The van der Waals surface area contributed by atoms with Gasteiger partial charge in [0.1, 0.15) is 10.8 Å². The highest BCUT2D eigenvalue weighted by molar-refractivity contribution is 7.17. The molecule has 1 aliphatic carbocycles. The number of benzene rings is 1. The number of hydrogen-bond donors (Lipinski definition) is 1. The van der Waals surface area contributed by atoms with E-state index in [2.05, 4.69) is 5.32 Å². The normalized spacial score (nSPS) is 14.1. The summed E-state index contributed by atoms with van der Waals surface area (Å²) < 4.78 is 11.2. The van der Waals surface area contributed by atoms with Crippen LogP contribution in [0.3, 0.4) is 0 Å². The van der Waals surface area contributed by atoms with Gasteiger partial charge in [0.25, 0.3) is 5.91 Å². The fraction of sp³-hybridized carbons (Fsp3) is 0.455. The molecule has 0 aliphatic heterocycles. The first kappa shape index (κ1) is 21.7. The molecule has 0 fully saturated rings. The molecule has 5 nitrogen and oxygen atoms in total. The van der Waals surface area contributed by atoms with Gasteiger partial charge in [-0.25, -0.2) is 4.79 Å². The average molecular weight is 436 g/mol. The van der Waals surface area contributed by atoms with Crippen molar-refractivity contribution in [3.63, 3.8) is 0 Å². The van der Waals surface area contributed by atoms with Gasteiger partial charge in [0.15, 0.2) is 6.10 Å². The quantitative estimate of drug-likeness (QED) is 0.578. The van der Waals surface area contributed by atoms with Crippen LogP contribution in [0.1, 0.15) is 59.5 Å². The van der Waals surface area contributed by atoms with E-state index in [0.717, 1.165) is 41.7 Å². The van der Waals surface area contributed by atoms with E-state index in [9.17, 15) is 9.59 Å². The van der Waals surface area contributed by atoms with Crippen molar-refractivity contribution < 1.29 is 19.1 Å². The number of thiophene rings is 1. The highest BCUT2D eigenvalue weighted by Gasteiger charge is 2.29. The zero-order valence-electron chi connectivity index (χ0n) is 17.0. The van der Waals surface area contributed by atoms with Crippen molar-refractivity contribution in [1.82, 2.24) is 0 Å². The number of fused-ring (bicyclic) bond motifs is 1. The molecule has 7 heteroatoms. The van der Waals surface area contributed by atoms with Crippen LogP contribution in [0.4, 0.5) is 5.00 Å². The van der Waals surface area contributed by atoms with E-state index in [1.54, 1.807) is 19.1 Å². The minimum atomic E-state index is -0.676. The molecule has 1 amide bonds. The van der Waals surface area contributed by atoms with Gasteiger partial charge in [-0.3, -0.25) is 4.79 Å². The molecule has 29 heavy (non-hydrogen) atoms. The first-order valence-corrected chi connectivity index (χ1v) is 11.2. The number of carbonyl (C=O) groups is 2. The number of halogens is 1. The third-order valence-corrected chi connectivity index (χ3v) is 6.59. The van der Waals surface area contributed by atoms with E-state index in [0.29, 0.717) is 34.4 Å². The van der Waals surface area contributed by atoms with E-state index >= 15 is 0 Å². The second-order valence-electron chi connectivity index (χ2n) is 7.05. The Bertz CT molecular complexity index is 908. The van der Waals surface area contributed by atoms with E-state index in [1.807, 2.05) is 19.9 Å².